The van der Waals surface area contributed by atoms with Crippen molar-refractivity contribution in [1.29, 1.82) is 0 Å². The zero-order valence-electron chi connectivity index (χ0n) is 14.1. The second-order valence-corrected chi connectivity index (χ2v) is 5.74. The summed E-state index contributed by atoms with van der Waals surface area (Å²) in [6.45, 7) is 0. The highest BCUT2D eigenvalue weighted by molar-refractivity contribution is 6.05. The van der Waals surface area contributed by atoms with Crippen molar-refractivity contribution in [1.82, 2.24) is 0 Å². The van der Waals surface area contributed by atoms with Crippen LogP contribution in [0, 0.1) is 23.3 Å². The van der Waals surface area contributed by atoms with Crippen LogP contribution in [0.1, 0.15) is 20.7 Å². The van der Waals surface area contributed by atoms with E-state index in [0.717, 1.165) is 36.4 Å². The summed E-state index contributed by atoms with van der Waals surface area (Å²) < 4.78 is 52.2. The minimum Gasteiger partial charge on any atom is -0.322 e. The molecule has 0 spiro atoms. The van der Waals surface area contributed by atoms with E-state index < -0.39 is 35.1 Å². The van der Waals surface area contributed by atoms with Crippen molar-refractivity contribution in [3.63, 3.8) is 0 Å². The molecule has 2 N–H and O–H groups in total. The minimum absolute atomic E-state index is 0.0605. The molecular formula is C20H12F4N2O2. The molecule has 0 fully saturated rings. The highest BCUT2D eigenvalue weighted by Gasteiger charge is 2.12. The van der Waals surface area contributed by atoms with Gasteiger partial charge in [-0.15, -0.1) is 0 Å². The lowest BCUT2D eigenvalue weighted by Crippen LogP contribution is -2.14. The summed E-state index contributed by atoms with van der Waals surface area (Å²) in [5, 5.41) is 5.00. The number of hydrogen-bond donors (Lipinski definition) is 2. The van der Waals surface area contributed by atoms with Crippen LogP contribution >= 0.6 is 0 Å². The van der Waals surface area contributed by atoms with Crippen LogP contribution in [0.3, 0.4) is 0 Å². The van der Waals surface area contributed by atoms with Crippen molar-refractivity contribution in [2.75, 3.05) is 10.6 Å². The zero-order chi connectivity index (χ0) is 20.3. The van der Waals surface area contributed by atoms with Crippen LogP contribution in [0.5, 0.6) is 0 Å². The van der Waals surface area contributed by atoms with Crippen LogP contribution in [0.2, 0.25) is 0 Å². The predicted octanol–water partition coefficient (Wildman–Crippen LogP) is 4.75. The van der Waals surface area contributed by atoms with Gasteiger partial charge in [-0.3, -0.25) is 9.59 Å². The number of nitrogens with one attached hydrogen (secondary N) is 2. The molecule has 0 bridgehead atoms. The monoisotopic (exact) mass is 388 g/mol. The maximum Gasteiger partial charge on any atom is 0.255 e. The summed E-state index contributed by atoms with van der Waals surface area (Å²) in [6.07, 6.45) is 0. The molecule has 3 aromatic carbocycles. The minimum atomic E-state index is -1.14. The van der Waals surface area contributed by atoms with Crippen LogP contribution in [-0.2, 0) is 0 Å². The van der Waals surface area contributed by atoms with E-state index in [1.54, 1.807) is 0 Å². The Balaban J connectivity index is 1.65. The Morgan fingerprint density at radius 3 is 1.21 bits per heavy atom. The number of rotatable bonds is 4. The molecule has 0 saturated heterocycles. The summed E-state index contributed by atoms with van der Waals surface area (Å²) in [7, 11) is 0. The van der Waals surface area contributed by atoms with E-state index in [1.165, 1.54) is 24.3 Å². The van der Waals surface area contributed by atoms with Crippen LogP contribution < -0.4 is 10.6 Å². The molecule has 0 aliphatic rings. The lowest BCUT2D eigenvalue weighted by Gasteiger charge is -2.08. The Kier molecular flexibility index (Phi) is 5.39. The van der Waals surface area contributed by atoms with Crippen LogP contribution in [0.25, 0.3) is 0 Å². The van der Waals surface area contributed by atoms with Gasteiger partial charge in [-0.25, -0.2) is 17.6 Å². The third-order valence-electron chi connectivity index (χ3n) is 3.76. The molecule has 0 aliphatic heterocycles. The van der Waals surface area contributed by atoms with Crippen LogP contribution in [0.15, 0.2) is 60.7 Å². The molecule has 3 rings (SSSR count). The lowest BCUT2D eigenvalue weighted by atomic mass is 10.2. The zero-order valence-corrected chi connectivity index (χ0v) is 14.1. The number of carbonyl (C=O) groups excluding carboxylic acids is 2. The first-order chi connectivity index (χ1) is 13.3. The molecule has 0 atom stereocenters. The van der Waals surface area contributed by atoms with Crippen molar-refractivity contribution >= 4 is 23.2 Å². The highest BCUT2D eigenvalue weighted by Crippen LogP contribution is 2.17. The summed E-state index contributed by atoms with van der Waals surface area (Å²) in [5.41, 5.74) is 0.574. The van der Waals surface area contributed by atoms with Gasteiger partial charge in [-0.05, 0) is 60.7 Å². The van der Waals surface area contributed by atoms with Gasteiger partial charge in [0.05, 0.1) is 0 Å². The molecule has 28 heavy (non-hydrogen) atoms. The van der Waals surface area contributed by atoms with Gasteiger partial charge >= 0.3 is 0 Å². The van der Waals surface area contributed by atoms with Gasteiger partial charge in [0.1, 0.15) is 0 Å². The average Bonchev–Trinajstić information content (AvgIpc) is 2.67. The summed E-state index contributed by atoms with van der Waals surface area (Å²) in [6, 6.07) is 11.4. The Labute approximate surface area is 156 Å². The fraction of sp³-hybridized carbons (Fsp3) is 0. The number of hydrogen-bond acceptors (Lipinski definition) is 2. The van der Waals surface area contributed by atoms with E-state index in [2.05, 4.69) is 10.6 Å². The normalized spacial score (nSPS) is 10.4. The maximum atomic E-state index is 13.2. The van der Waals surface area contributed by atoms with Crippen molar-refractivity contribution in [3.05, 3.63) is 95.1 Å². The molecule has 0 unspecified atom stereocenters. The Morgan fingerprint density at radius 1 is 0.536 bits per heavy atom. The molecule has 142 valence electrons. The molecule has 0 aromatic heterocycles. The van der Waals surface area contributed by atoms with Crippen LogP contribution in [0.4, 0.5) is 28.9 Å². The van der Waals surface area contributed by atoms with E-state index >= 15 is 0 Å². The first-order valence-corrected chi connectivity index (χ1v) is 7.96. The molecule has 8 heteroatoms. The van der Waals surface area contributed by atoms with Gasteiger partial charge in [0.25, 0.3) is 11.8 Å². The molecule has 0 radical (unpaired) electrons. The van der Waals surface area contributed by atoms with Crippen molar-refractivity contribution < 1.29 is 27.2 Å². The predicted molar refractivity (Wildman–Crippen MR) is 95.1 cm³/mol. The molecule has 3 aromatic rings. The molecule has 2 amide bonds. The third kappa shape index (κ3) is 4.35. The van der Waals surface area contributed by atoms with Gasteiger partial charge in [0.15, 0.2) is 23.3 Å². The quantitative estimate of drug-likeness (QED) is 0.634. The molecular weight excluding hydrogens is 376 g/mol. The SMILES string of the molecule is O=C(Nc1ccc(NC(=O)c2ccc(F)c(F)c2)cc1)c1ccc(F)c(F)c1. The number of amides is 2. The third-order valence-corrected chi connectivity index (χ3v) is 3.76. The smallest absolute Gasteiger partial charge is 0.255 e. The van der Waals surface area contributed by atoms with E-state index in [9.17, 15) is 27.2 Å². The van der Waals surface area contributed by atoms with Gasteiger partial charge in [-0.2, -0.15) is 0 Å². The first-order valence-electron chi connectivity index (χ1n) is 7.96. The van der Waals surface area contributed by atoms with Crippen molar-refractivity contribution in [3.8, 4) is 0 Å². The number of anilines is 2. The van der Waals surface area contributed by atoms with Crippen molar-refractivity contribution in [2.45, 2.75) is 0 Å². The molecule has 0 heterocycles. The van der Waals surface area contributed by atoms with Gasteiger partial charge < -0.3 is 10.6 Å². The summed E-state index contributed by atoms with van der Waals surface area (Å²) in [5.74, 6) is -5.67. The molecule has 4 nitrogen and oxygen atoms in total. The topological polar surface area (TPSA) is 58.2 Å². The summed E-state index contributed by atoms with van der Waals surface area (Å²) in [4.78, 5) is 24.1. The van der Waals surface area contributed by atoms with E-state index in [1.807, 2.05) is 0 Å². The largest absolute Gasteiger partial charge is 0.322 e. The number of halogens is 4. The second kappa shape index (κ2) is 7.91. The van der Waals surface area contributed by atoms with Gasteiger partial charge in [-0.1, -0.05) is 0 Å². The van der Waals surface area contributed by atoms with Crippen molar-refractivity contribution in [2.24, 2.45) is 0 Å². The molecule has 0 aliphatic carbocycles. The number of benzene rings is 3. The second-order valence-electron chi connectivity index (χ2n) is 5.74. The first kappa shape index (κ1) is 19.1. The van der Waals surface area contributed by atoms with E-state index in [4.69, 9.17) is 0 Å². The highest BCUT2D eigenvalue weighted by atomic mass is 19.2. The van der Waals surface area contributed by atoms with E-state index in [0.29, 0.717) is 11.4 Å². The fourth-order valence-electron chi connectivity index (χ4n) is 2.32. The summed E-state index contributed by atoms with van der Waals surface area (Å²) >= 11 is 0. The van der Waals surface area contributed by atoms with E-state index in [-0.39, 0.29) is 11.1 Å². The van der Waals surface area contributed by atoms with Gasteiger partial charge in [0.2, 0.25) is 0 Å². The Bertz CT molecular complexity index is 968. The van der Waals surface area contributed by atoms with Gasteiger partial charge in [0, 0.05) is 22.5 Å². The molecule has 0 saturated carbocycles. The van der Waals surface area contributed by atoms with Crippen LogP contribution in [-0.4, -0.2) is 11.8 Å². The number of carbonyl (C=O) groups is 2. The lowest BCUT2D eigenvalue weighted by molar-refractivity contribution is 0.101. The standard InChI is InChI=1S/C20H12F4N2O2/c21-15-7-1-11(9-17(15)23)19(27)25-13-3-5-14(6-4-13)26-20(28)12-2-8-16(22)18(24)10-12/h1-10H,(H,25,27)(H,26,28). The Morgan fingerprint density at radius 2 is 0.893 bits per heavy atom. The maximum absolute atomic E-state index is 13.2. The Hall–Kier alpha value is -3.68. The fourth-order valence-corrected chi connectivity index (χ4v) is 2.32. The average molecular weight is 388 g/mol.